The van der Waals surface area contributed by atoms with E-state index in [0.717, 1.165) is 25.9 Å². The molecule has 3 rings (SSSR count). The lowest BCUT2D eigenvalue weighted by atomic mass is 10.1. The Morgan fingerprint density at radius 1 is 1.41 bits per heavy atom. The minimum atomic E-state index is 0.700. The lowest BCUT2D eigenvalue weighted by Gasteiger charge is -2.19. The smallest absolute Gasteiger partial charge is 0.110 e. The summed E-state index contributed by atoms with van der Waals surface area (Å²) < 4.78 is 2.34. The Hall–Kier alpha value is -0.870. The van der Waals surface area contributed by atoms with Crippen LogP contribution < -0.4 is 5.32 Å². The van der Waals surface area contributed by atoms with Crippen molar-refractivity contribution in [2.45, 2.75) is 38.3 Å². The lowest BCUT2D eigenvalue weighted by molar-refractivity contribution is 0.304. The number of hydrogen-bond donors (Lipinski definition) is 1. The Kier molecular flexibility index (Phi) is 2.92. The van der Waals surface area contributed by atoms with Crippen molar-refractivity contribution in [1.29, 1.82) is 0 Å². The van der Waals surface area contributed by atoms with Crippen LogP contribution in [-0.4, -0.2) is 40.6 Å². The molecule has 94 valence electrons. The van der Waals surface area contributed by atoms with E-state index in [1.807, 2.05) is 0 Å². The Morgan fingerprint density at radius 3 is 3.00 bits per heavy atom. The van der Waals surface area contributed by atoms with E-state index in [1.165, 1.54) is 36.6 Å². The van der Waals surface area contributed by atoms with Gasteiger partial charge in [0, 0.05) is 44.7 Å². The first-order chi connectivity index (χ1) is 8.25. The average Bonchev–Trinajstić information content (AvgIpc) is 2.87. The predicted octanol–water partition coefficient (Wildman–Crippen LogP) is 0.702. The van der Waals surface area contributed by atoms with Crippen LogP contribution in [0.1, 0.15) is 30.1 Å². The second-order valence-corrected chi connectivity index (χ2v) is 5.39. The Balaban J connectivity index is 1.81. The third-order valence-corrected chi connectivity index (χ3v) is 4.31. The summed E-state index contributed by atoms with van der Waals surface area (Å²) in [5.41, 5.74) is 2.72. The van der Waals surface area contributed by atoms with E-state index in [4.69, 9.17) is 4.98 Å². The van der Waals surface area contributed by atoms with E-state index < -0.39 is 0 Å². The molecule has 0 aliphatic carbocycles. The van der Waals surface area contributed by atoms with Crippen LogP contribution in [-0.2, 0) is 26.4 Å². The fourth-order valence-corrected chi connectivity index (χ4v) is 3.14. The Morgan fingerprint density at radius 2 is 2.29 bits per heavy atom. The zero-order valence-corrected chi connectivity index (χ0v) is 10.9. The van der Waals surface area contributed by atoms with Gasteiger partial charge in [-0.25, -0.2) is 4.98 Å². The van der Waals surface area contributed by atoms with Crippen molar-refractivity contribution in [3.05, 3.63) is 17.2 Å². The maximum atomic E-state index is 4.82. The van der Waals surface area contributed by atoms with Crippen LogP contribution in [0, 0.1) is 0 Å². The highest BCUT2D eigenvalue weighted by Gasteiger charge is 2.24. The van der Waals surface area contributed by atoms with Gasteiger partial charge in [-0.1, -0.05) is 0 Å². The van der Waals surface area contributed by atoms with Crippen LogP contribution in [0.3, 0.4) is 0 Å². The first-order valence-corrected chi connectivity index (χ1v) is 6.70. The molecule has 0 spiro atoms. The van der Waals surface area contributed by atoms with Crippen LogP contribution in [0.25, 0.3) is 0 Å². The topological polar surface area (TPSA) is 33.1 Å². The molecule has 1 aromatic heterocycles. The number of likely N-dealkylation sites (N-methyl/N-ethyl adjacent to an activating group) is 1. The minimum Gasteiger partial charge on any atom is -0.335 e. The quantitative estimate of drug-likeness (QED) is 0.818. The molecule has 0 amide bonds. The molecule has 17 heavy (non-hydrogen) atoms. The van der Waals surface area contributed by atoms with Gasteiger partial charge >= 0.3 is 0 Å². The van der Waals surface area contributed by atoms with E-state index in [1.54, 1.807) is 0 Å². The van der Waals surface area contributed by atoms with Crippen molar-refractivity contribution in [3.63, 3.8) is 0 Å². The molecular weight excluding hydrogens is 212 g/mol. The summed E-state index contributed by atoms with van der Waals surface area (Å²) in [6.45, 7) is 3.29. The van der Waals surface area contributed by atoms with Gasteiger partial charge in [-0.15, -0.1) is 0 Å². The molecule has 2 aliphatic rings. The zero-order chi connectivity index (χ0) is 11.8. The van der Waals surface area contributed by atoms with Crippen LogP contribution >= 0.6 is 0 Å². The molecule has 1 N–H and O–H groups in total. The van der Waals surface area contributed by atoms with Crippen LogP contribution in [0.2, 0.25) is 0 Å². The molecule has 4 nitrogen and oxygen atoms in total. The molecular formula is C13H22N4. The number of nitrogens with zero attached hydrogens (tertiary/aromatic N) is 3. The third kappa shape index (κ3) is 2.00. The van der Waals surface area contributed by atoms with Gasteiger partial charge in [0.2, 0.25) is 0 Å². The van der Waals surface area contributed by atoms with Gasteiger partial charge in [0.05, 0.1) is 5.69 Å². The van der Waals surface area contributed by atoms with Gasteiger partial charge < -0.3 is 14.8 Å². The fourth-order valence-electron chi connectivity index (χ4n) is 3.14. The van der Waals surface area contributed by atoms with Crippen molar-refractivity contribution in [2.24, 2.45) is 7.05 Å². The second-order valence-electron chi connectivity index (χ2n) is 5.39. The highest BCUT2D eigenvalue weighted by atomic mass is 15.2. The maximum Gasteiger partial charge on any atom is 0.110 e. The summed E-state index contributed by atoms with van der Waals surface area (Å²) in [5, 5.41) is 3.40. The van der Waals surface area contributed by atoms with Gasteiger partial charge in [0.15, 0.2) is 0 Å². The van der Waals surface area contributed by atoms with Gasteiger partial charge in [0.1, 0.15) is 5.82 Å². The monoisotopic (exact) mass is 234 g/mol. The fraction of sp³-hybridized carbons (Fsp3) is 0.769. The zero-order valence-electron chi connectivity index (χ0n) is 10.9. The third-order valence-electron chi connectivity index (χ3n) is 4.31. The summed E-state index contributed by atoms with van der Waals surface area (Å²) in [5.74, 6) is 1.28. The largest absolute Gasteiger partial charge is 0.335 e. The molecule has 4 heteroatoms. The highest BCUT2D eigenvalue weighted by Crippen LogP contribution is 2.21. The molecule has 0 bridgehead atoms. The van der Waals surface area contributed by atoms with E-state index >= 15 is 0 Å². The number of hydrogen-bond acceptors (Lipinski definition) is 3. The standard InChI is InChI=1S/C13H22N4/c1-16-7-3-4-10(16)8-13-15-11-9-14-6-5-12(11)17(13)2/h10,14H,3-9H2,1-2H3. The number of imidazole rings is 1. The molecule has 1 aromatic rings. The predicted molar refractivity (Wildman–Crippen MR) is 68.0 cm³/mol. The molecule has 0 saturated carbocycles. The molecule has 1 atom stereocenters. The van der Waals surface area contributed by atoms with Gasteiger partial charge in [0.25, 0.3) is 0 Å². The van der Waals surface area contributed by atoms with Crippen LogP contribution in [0.15, 0.2) is 0 Å². The number of rotatable bonds is 2. The first-order valence-electron chi connectivity index (χ1n) is 6.70. The number of likely N-dealkylation sites (tertiary alicyclic amines) is 1. The number of nitrogens with one attached hydrogen (secondary N) is 1. The van der Waals surface area contributed by atoms with E-state index in [2.05, 4.69) is 28.9 Å². The molecule has 1 fully saturated rings. The van der Waals surface area contributed by atoms with Gasteiger partial charge in [-0.3, -0.25) is 0 Å². The summed E-state index contributed by atoms with van der Waals surface area (Å²) >= 11 is 0. The second kappa shape index (κ2) is 4.42. The SMILES string of the molecule is CN1CCCC1Cc1nc2c(n1C)CCNC2. The van der Waals surface area contributed by atoms with Crippen molar-refractivity contribution < 1.29 is 0 Å². The molecule has 0 aromatic carbocycles. The Labute approximate surface area is 103 Å². The van der Waals surface area contributed by atoms with Crippen LogP contribution in [0.4, 0.5) is 0 Å². The van der Waals surface area contributed by atoms with Crippen molar-refractivity contribution in [1.82, 2.24) is 19.8 Å². The Bertz CT molecular complexity index is 410. The summed E-state index contributed by atoms with van der Waals surface area (Å²) in [4.78, 5) is 7.30. The van der Waals surface area contributed by atoms with Gasteiger partial charge in [-0.2, -0.15) is 0 Å². The molecule has 1 saturated heterocycles. The summed E-state index contributed by atoms with van der Waals surface area (Å²) in [6.07, 6.45) is 4.90. The van der Waals surface area contributed by atoms with Crippen molar-refractivity contribution in [2.75, 3.05) is 20.1 Å². The van der Waals surface area contributed by atoms with Crippen molar-refractivity contribution in [3.8, 4) is 0 Å². The van der Waals surface area contributed by atoms with E-state index in [9.17, 15) is 0 Å². The number of aromatic nitrogens is 2. The first kappa shape index (κ1) is 11.2. The summed E-state index contributed by atoms with van der Waals surface area (Å²) in [7, 11) is 4.42. The molecule has 3 heterocycles. The maximum absolute atomic E-state index is 4.82. The minimum absolute atomic E-state index is 0.700. The summed E-state index contributed by atoms with van der Waals surface area (Å²) in [6, 6.07) is 0.700. The van der Waals surface area contributed by atoms with Crippen molar-refractivity contribution >= 4 is 0 Å². The van der Waals surface area contributed by atoms with E-state index in [-0.39, 0.29) is 0 Å². The molecule has 1 unspecified atom stereocenters. The van der Waals surface area contributed by atoms with E-state index in [0.29, 0.717) is 6.04 Å². The molecule has 0 radical (unpaired) electrons. The normalized spacial score (nSPS) is 25.2. The average molecular weight is 234 g/mol. The van der Waals surface area contributed by atoms with Gasteiger partial charge in [-0.05, 0) is 26.4 Å². The number of fused-ring (bicyclic) bond motifs is 1. The lowest BCUT2D eigenvalue weighted by Crippen LogP contribution is -2.28. The molecule has 2 aliphatic heterocycles. The highest BCUT2D eigenvalue weighted by molar-refractivity contribution is 5.20. The van der Waals surface area contributed by atoms with Crippen LogP contribution in [0.5, 0.6) is 0 Å².